The lowest BCUT2D eigenvalue weighted by atomic mass is 9.91. The summed E-state index contributed by atoms with van der Waals surface area (Å²) in [5.41, 5.74) is 14.5. The van der Waals surface area contributed by atoms with Crippen LogP contribution in [0, 0.1) is 5.82 Å². The monoisotopic (exact) mass is 380 g/mol. The molecule has 1 aromatic carbocycles. The predicted molar refractivity (Wildman–Crippen MR) is 101 cm³/mol. The Hall–Kier alpha value is -3.75. The molecular weight excluding hydrogens is 363 g/mol. The second kappa shape index (κ2) is 6.76. The fourth-order valence-electron chi connectivity index (χ4n) is 3.26. The van der Waals surface area contributed by atoms with E-state index in [9.17, 15) is 9.18 Å². The molecule has 1 aliphatic heterocycles. The number of ether oxygens (including phenoxy) is 1. The van der Waals surface area contributed by atoms with E-state index in [1.807, 2.05) is 0 Å². The van der Waals surface area contributed by atoms with Crippen LogP contribution in [0.15, 0.2) is 36.5 Å². The zero-order chi connectivity index (χ0) is 19.8. The number of halogens is 1. The van der Waals surface area contributed by atoms with E-state index in [0.29, 0.717) is 40.2 Å². The summed E-state index contributed by atoms with van der Waals surface area (Å²) in [6, 6.07) is 7.20. The van der Waals surface area contributed by atoms with E-state index in [0.717, 1.165) is 0 Å². The summed E-state index contributed by atoms with van der Waals surface area (Å²) >= 11 is 0. The van der Waals surface area contributed by atoms with Gasteiger partial charge in [-0.25, -0.2) is 19.3 Å². The van der Waals surface area contributed by atoms with Crippen LogP contribution in [0.5, 0.6) is 5.88 Å². The van der Waals surface area contributed by atoms with Gasteiger partial charge in [0, 0.05) is 18.2 Å². The standard InChI is InChI=1S/C19H17FN6O2/c1-28-18-13(21)4-5-14(25-18)11-6-9(20)2-3-10(11)15-7-16-12(17(27)24-15)8-23-19(22)26-16/h2-6,8,15H,7,21H2,1H3,(H,24,27)(H2,22,23,26)/t15-/m1/s1. The van der Waals surface area contributed by atoms with Crippen LogP contribution in [0.3, 0.4) is 0 Å². The second-order valence-electron chi connectivity index (χ2n) is 6.35. The minimum absolute atomic E-state index is 0.0940. The first kappa shape index (κ1) is 17.7. The van der Waals surface area contributed by atoms with Gasteiger partial charge in [0.15, 0.2) is 0 Å². The number of nitrogens with one attached hydrogen (secondary N) is 1. The first-order valence-electron chi connectivity index (χ1n) is 8.49. The molecule has 142 valence electrons. The highest BCUT2D eigenvalue weighted by molar-refractivity contribution is 5.96. The third-order valence-electron chi connectivity index (χ3n) is 4.58. The van der Waals surface area contributed by atoms with E-state index in [4.69, 9.17) is 16.2 Å². The number of rotatable bonds is 3. The van der Waals surface area contributed by atoms with Crippen molar-refractivity contribution in [1.82, 2.24) is 20.3 Å². The Bertz CT molecular complexity index is 1090. The zero-order valence-corrected chi connectivity index (χ0v) is 14.9. The van der Waals surface area contributed by atoms with E-state index in [1.165, 1.54) is 25.4 Å². The van der Waals surface area contributed by atoms with Gasteiger partial charge < -0.3 is 21.5 Å². The molecule has 3 heterocycles. The van der Waals surface area contributed by atoms with Crippen LogP contribution in [-0.2, 0) is 6.42 Å². The van der Waals surface area contributed by atoms with Crippen molar-refractivity contribution in [3.05, 3.63) is 59.2 Å². The van der Waals surface area contributed by atoms with E-state index in [-0.39, 0.29) is 17.7 Å². The summed E-state index contributed by atoms with van der Waals surface area (Å²) in [4.78, 5) is 24.9. The third kappa shape index (κ3) is 3.07. The molecular formula is C19H17FN6O2. The summed E-state index contributed by atoms with van der Waals surface area (Å²) < 4.78 is 19.2. The number of amides is 1. The second-order valence-corrected chi connectivity index (χ2v) is 6.35. The molecule has 8 nitrogen and oxygen atoms in total. The highest BCUT2D eigenvalue weighted by atomic mass is 19.1. The molecule has 1 atom stereocenters. The summed E-state index contributed by atoms with van der Waals surface area (Å²) in [5, 5.41) is 2.91. The molecule has 0 aliphatic carbocycles. The summed E-state index contributed by atoms with van der Waals surface area (Å²) in [7, 11) is 1.46. The minimum atomic E-state index is -0.435. The first-order chi connectivity index (χ1) is 13.5. The van der Waals surface area contributed by atoms with Crippen LogP contribution in [-0.4, -0.2) is 28.0 Å². The molecule has 0 radical (unpaired) electrons. The predicted octanol–water partition coefficient (Wildman–Crippen LogP) is 1.88. The number of hydrogen-bond acceptors (Lipinski definition) is 7. The SMILES string of the molecule is COc1nc(-c2cc(F)ccc2[C@H]2Cc3nc(N)ncc3C(=O)N2)ccc1N. The number of hydrogen-bond donors (Lipinski definition) is 3. The van der Waals surface area contributed by atoms with Crippen LogP contribution < -0.4 is 21.5 Å². The van der Waals surface area contributed by atoms with Crippen LogP contribution >= 0.6 is 0 Å². The Kier molecular flexibility index (Phi) is 4.26. The van der Waals surface area contributed by atoms with Gasteiger partial charge in [-0.3, -0.25) is 4.79 Å². The van der Waals surface area contributed by atoms with Gasteiger partial charge >= 0.3 is 0 Å². The molecule has 0 bridgehead atoms. The molecule has 28 heavy (non-hydrogen) atoms. The number of nitrogen functional groups attached to an aromatic ring is 2. The number of methoxy groups -OCH3 is 1. The normalized spacial score (nSPS) is 15.6. The maximum Gasteiger partial charge on any atom is 0.255 e. The number of nitrogens with two attached hydrogens (primary N) is 2. The molecule has 9 heteroatoms. The molecule has 0 unspecified atom stereocenters. The lowest BCUT2D eigenvalue weighted by Crippen LogP contribution is -2.36. The van der Waals surface area contributed by atoms with Crippen molar-refractivity contribution in [3.8, 4) is 17.1 Å². The van der Waals surface area contributed by atoms with Gasteiger partial charge in [-0.15, -0.1) is 0 Å². The quantitative estimate of drug-likeness (QED) is 0.632. The zero-order valence-electron chi connectivity index (χ0n) is 14.9. The van der Waals surface area contributed by atoms with Crippen molar-refractivity contribution < 1.29 is 13.9 Å². The van der Waals surface area contributed by atoms with Gasteiger partial charge in [-0.1, -0.05) is 6.07 Å². The molecule has 3 aromatic rings. The molecule has 2 aromatic heterocycles. The Morgan fingerprint density at radius 2 is 2.00 bits per heavy atom. The lowest BCUT2D eigenvalue weighted by molar-refractivity contribution is 0.0923. The Morgan fingerprint density at radius 1 is 1.18 bits per heavy atom. The Labute approximate surface area is 159 Å². The fraction of sp³-hybridized carbons (Fsp3) is 0.158. The number of nitrogens with zero attached hydrogens (tertiary/aromatic N) is 3. The van der Waals surface area contributed by atoms with Gasteiger partial charge in [-0.2, -0.15) is 0 Å². The van der Waals surface area contributed by atoms with Gasteiger partial charge in [0.1, 0.15) is 5.82 Å². The minimum Gasteiger partial charge on any atom is -0.480 e. The molecule has 0 saturated carbocycles. The van der Waals surface area contributed by atoms with E-state index in [2.05, 4.69) is 20.3 Å². The Morgan fingerprint density at radius 3 is 2.79 bits per heavy atom. The topological polar surface area (TPSA) is 129 Å². The highest BCUT2D eigenvalue weighted by Crippen LogP contribution is 2.34. The van der Waals surface area contributed by atoms with Crippen LogP contribution in [0.4, 0.5) is 16.0 Å². The highest BCUT2D eigenvalue weighted by Gasteiger charge is 2.29. The van der Waals surface area contributed by atoms with Crippen molar-refractivity contribution in [1.29, 1.82) is 0 Å². The first-order valence-corrected chi connectivity index (χ1v) is 8.49. The van der Waals surface area contributed by atoms with E-state index < -0.39 is 11.9 Å². The summed E-state index contributed by atoms with van der Waals surface area (Å²) in [6.45, 7) is 0. The maximum absolute atomic E-state index is 14.0. The van der Waals surface area contributed by atoms with Gasteiger partial charge in [0.2, 0.25) is 11.8 Å². The van der Waals surface area contributed by atoms with Gasteiger partial charge in [0.25, 0.3) is 5.91 Å². The van der Waals surface area contributed by atoms with Crippen molar-refractivity contribution in [2.45, 2.75) is 12.5 Å². The van der Waals surface area contributed by atoms with Crippen molar-refractivity contribution in [2.24, 2.45) is 0 Å². The molecule has 0 saturated heterocycles. The van der Waals surface area contributed by atoms with Gasteiger partial charge in [-0.05, 0) is 29.8 Å². The number of carbonyl (C=O) groups excluding carboxylic acids is 1. The smallest absolute Gasteiger partial charge is 0.255 e. The third-order valence-corrected chi connectivity index (χ3v) is 4.58. The molecule has 0 spiro atoms. The van der Waals surface area contributed by atoms with E-state index >= 15 is 0 Å². The molecule has 5 N–H and O–H groups in total. The molecule has 0 fully saturated rings. The molecule has 1 amide bonds. The number of fused-ring (bicyclic) bond motifs is 1. The Balaban J connectivity index is 1.80. The number of pyridine rings is 1. The molecule has 4 rings (SSSR count). The number of carbonyl (C=O) groups is 1. The van der Waals surface area contributed by atoms with Crippen molar-refractivity contribution in [2.75, 3.05) is 18.6 Å². The average Bonchev–Trinajstić information content (AvgIpc) is 2.68. The van der Waals surface area contributed by atoms with Gasteiger partial charge in [0.05, 0.1) is 35.8 Å². The number of aromatic nitrogens is 3. The fourth-order valence-corrected chi connectivity index (χ4v) is 3.26. The van der Waals surface area contributed by atoms with Crippen molar-refractivity contribution >= 4 is 17.5 Å². The van der Waals surface area contributed by atoms with Crippen molar-refractivity contribution in [3.63, 3.8) is 0 Å². The number of benzene rings is 1. The number of anilines is 2. The summed E-state index contributed by atoms with van der Waals surface area (Å²) in [5.74, 6) is -0.405. The summed E-state index contributed by atoms with van der Waals surface area (Å²) in [6.07, 6.45) is 1.79. The lowest BCUT2D eigenvalue weighted by Gasteiger charge is -2.26. The van der Waals surface area contributed by atoms with Crippen LogP contribution in [0.25, 0.3) is 11.3 Å². The molecule has 1 aliphatic rings. The maximum atomic E-state index is 14.0. The van der Waals surface area contributed by atoms with Crippen LogP contribution in [0.2, 0.25) is 0 Å². The van der Waals surface area contributed by atoms with Crippen LogP contribution in [0.1, 0.15) is 27.7 Å². The average molecular weight is 380 g/mol. The largest absolute Gasteiger partial charge is 0.480 e. The van der Waals surface area contributed by atoms with E-state index in [1.54, 1.807) is 18.2 Å².